The Morgan fingerprint density at radius 1 is 1.27 bits per heavy atom. The monoisotopic (exact) mass is 345 g/mol. The molecule has 0 aromatic carbocycles. The Labute approximate surface area is 133 Å². The highest BCUT2D eigenvalue weighted by molar-refractivity contribution is 7.90. The molecule has 0 radical (unpaired) electrons. The Hall–Kier alpha value is -1.41. The normalized spacial score (nSPS) is 17.9. The molecule has 0 atom stereocenters. The van der Waals surface area contributed by atoms with Gasteiger partial charge < -0.3 is 10.0 Å². The van der Waals surface area contributed by atoms with Crippen molar-refractivity contribution in [3.63, 3.8) is 0 Å². The molecule has 0 bridgehead atoms. The minimum Gasteiger partial charge on any atom is -0.479 e. The smallest absolute Gasteiger partial charge is 0.329 e. The Kier molecular flexibility index (Phi) is 4.62. The van der Waals surface area contributed by atoms with Crippen LogP contribution in [0.4, 0.5) is 0 Å². The molecule has 2 rings (SSSR count). The van der Waals surface area contributed by atoms with Gasteiger partial charge in [-0.3, -0.25) is 4.79 Å². The lowest BCUT2D eigenvalue weighted by Crippen LogP contribution is -2.56. The van der Waals surface area contributed by atoms with Crippen LogP contribution in [0.2, 0.25) is 0 Å². The standard InChI is InChI=1S/C14H19NO5S2/c1-15(14(13(17)18)6-4-3-5-7-14)12(16)11-8-10(9-21-11)22(2,19)20/h8-9H,3-7H2,1-2H3,(H,17,18). The highest BCUT2D eigenvalue weighted by Gasteiger charge is 2.45. The molecule has 6 nitrogen and oxygen atoms in total. The summed E-state index contributed by atoms with van der Waals surface area (Å²) in [7, 11) is -1.89. The van der Waals surface area contributed by atoms with Gasteiger partial charge in [0.15, 0.2) is 9.84 Å². The van der Waals surface area contributed by atoms with Gasteiger partial charge in [-0.05, 0) is 18.9 Å². The number of carbonyl (C=O) groups is 2. The molecule has 1 aliphatic carbocycles. The Balaban J connectivity index is 2.31. The fourth-order valence-electron chi connectivity index (χ4n) is 2.81. The van der Waals surface area contributed by atoms with Crippen LogP contribution in [-0.4, -0.2) is 49.1 Å². The first kappa shape index (κ1) is 17.0. The number of amides is 1. The molecule has 1 saturated carbocycles. The predicted octanol–water partition coefficient (Wildman–Crippen LogP) is 2.01. The van der Waals surface area contributed by atoms with E-state index in [9.17, 15) is 23.1 Å². The fraction of sp³-hybridized carbons (Fsp3) is 0.571. The molecule has 0 saturated heterocycles. The third-order valence-electron chi connectivity index (χ3n) is 4.24. The predicted molar refractivity (Wildman–Crippen MR) is 83.0 cm³/mol. The van der Waals surface area contributed by atoms with Crippen LogP contribution in [0, 0.1) is 0 Å². The van der Waals surface area contributed by atoms with E-state index in [0.717, 1.165) is 36.9 Å². The van der Waals surface area contributed by atoms with Crippen molar-refractivity contribution in [3.05, 3.63) is 16.3 Å². The molecule has 1 aromatic rings. The zero-order valence-electron chi connectivity index (χ0n) is 12.5. The van der Waals surface area contributed by atoms with Crippen LogP contribution in [0.1, 0.15) is 41.8 Å². The van der Waals surface area contributed by atoms with Crippen LogP contribution in [-0.2, 0) is 14.6 Å². The molecule has 1 heterocycles. The lowest BCUT2D eigenvalue weighted by Gasteiger charge is -2.40. The van der Waals surface area contributed by atoms with Crippen LogP contribution in [0.25, 0.3) is 0 Å². The molecule has 0 spiro atoms. The summed E-state index contributed by atoms with van der Waals surface area (Å²) in [6.07, 6.45) is 4.43. The summed E-state index contributed by atoms with van der Waals surface area (Å²) in [5.41, 5.74) is -1.19. The van der Waals surface area contributed by atoms with Crippen molar-refractivity contribution in [1.29, 1.82) is 0 Å². The largest absolute Gasteiger partial charge is 0.479 e. The first-order chi connectivity index (χ1) is 10.2. The molecule has 1 aromatic heterocycles. The van der Waals surface area contributed by atoms with Gasteiger partial charge in [0, 0.05) is 18.7 Å². The average Bonchev–Trinajstić information content (AvgIpc) is 2.96. The topological polar surface area (TPSA) is 91.8 Å². The van der Waals surface area contributed by atoms with Gasteiger partial charge >= 0.3 is 5.97 Å². The third kappa shape index (κ3) is 3.03. The summed E-state index contributed by atoms with van der Waals surface area (Å²) in [4.78, 5) is 25.9. The van der Waals surface area contributed by atoms with E-state index in [0.29, 0.717) is 12.8 Å². The van der Waals surface area contributed by atoms with Gasteiger partial charge in [-0.15, -0.1) is 11.3 Å². The molecule has 122 valence electrons. The Morgan fingerprint density at radius 2 is 1.86 bits per heavy atom. The fourth-order valence-corrected chi connectivity index (χ4v) is 4.81. The molecule has 1 N–H and O–H groups in total. The molecular formula is C14H19NO5S2. The summed E-state index contributed by atoms with van der Waals surface area (Å²) in [5, 5.41) is 11.0. The van der Waals surface area contributed by atoms with E-state index in [1.54, 1.807) is 0 Å². The van der Waals surface area contributed by atoms with E-state index in [4.69, 9.17) is 0 Å². The second-order valence-corrected chi connectivity index (χ2v) is 8.61. The number of nitrogens with zero attached hydrogens (tertiary/aromatic N) is 1. The van der Waals surface area contributed by atoms with Crippen LogP contribution in [0.3, 0.4) is 0 Å². The summed E-state index contributed by atoms with van der Waals surface area (Å²) in [6.45, 7) is 0. The molecule has 22 heavy (non-hydrogen) atoms. The molecule has 1 aliphatic rings. The zero-order chi connectivity index (χ0) is 16.5. The number of carboxylic acids is 1. The van der Waals surface area contributed by atoms with E-state index >= 15 is 0 Å². The molecule has 1 amide bonds. The molecular weight excluding hydrogens is 326 g/mol. The summed E-state index contributed by atoms with van der Waals surface area (Å²) >= 11 is 1.02. The number of carbonyl (C=O) groups excluding carboxylic acids is 1. The number of aliphatic carboxylic acids is 1. The molecule has 0 aliphatic heterocycles. The number of carboxylic acid groups (broad SMARTS) is 1. The second kappa shape index (κ2) is 6.00. The third-order valence-corrected chi connectivity index (χ3v) is 6.40. The van der Waals surface area contributed by atoms with E-state index < -0.39 is 27.3 Å². The van der Waals surface area contributed by atoms with Gasteiger partial charge in [-0.25, -0.2) is 13.2 Å². The highest BCUT2D eigenvalue weighted by atomic mass is 32.2. The van der Waals surface area contributed by atoms with Crippen molar-refractivity contribution in [2.75, 3.05) is 13.3 Å². The van der Waals surface area contributed by atoms with Gasteiger partial charge in [0.25, 0.3) is 5.91 Å². The SMILES string of the molecule is CN(C(=O)c1cc(S(C)(=O)=O)cs1)C1(C(=O)O)CCCCC1. The highest BCUT2D eigenvalue weighted by Crippen LogP contribution is 2.35. The quantitative estimate of drug-likeness (QED) is 0.901. The van der Waals surface area contributed by atoms with Crippen molar-refractivity contribution in [2.24, 2.45) is 0 Å². The number of thiophene rings is 1. The van der Waals surface area contributed by atoms with E-state index in [2.05, 4.69) is 0 Å². The number of rotatable bonds is 4. The summed E-state index contributed by atoms with van der Waals surface area (Å²) in [6, 6.07) is 1.32. The number of hydrogen-bond acceptors (Lipinski definition) is 5. The first-order valence-corrected chi connectivity index (χ1v) is 9.76. The second-order valence-electron chi connectivity index (χ2n) is 5.68. The van der Waals surface area contributed by atoms with Crippen molar-refractivity contribution >= 4 is 33.1 Å². The lowest BCUT2D eigenvalue weighted by molar-refractivity contribution is -0.151. The summed E-state index contributed by atoms with van der Waals surface area (Å²) < 4.78 is 23.0. The van der Waals surface area contributed by atoms with Crippen LogP contribution < -0.4 is 0 Å². The van der Waals surface area contributed by atoms with Gasteiger partial charge in [0.1, 0.15) is 5.54 Å². The summed E-state index contributed by atoms with van der Waals surface area (Å²) in [5.74, 6) is -1.44. The first-order valence-electron chi connectivity index (χ1n) is 6.98. The maximum absolute atomic E-state index is 12.6. The molecule has 1 fully saturated rings. The molecule has 8 heteroatoms. The van der Waals surface area contributed by atoms with Gasteiger partial charge in [-0.2, -0.15) is 0 Å². The van der Waals surface area contributed by atoms with Crippen molar-refractivity contribution in [1.82, 2.24) is 4.90 Å². The Bertz CT molecular complexity index is 686. The van der Waals surface area contributed by atoms with Crippen molar-refractivity contribution in [2.45, 2.75) is 42.5 Å². The number of hydrogen-bond donors (Lipinski definition) is 1. The Morgan fingerprint density at radius 3 is 2.32 bits per heavy atom. The van der Waals surface area contributed by atoms with Crippen LogP contribution in [0.15, 0.2) is 16.3 Å². The maximum Gasteiger partial charge on any atom is 0.329 e. The maximum atomic E-state index is 12.6. The van der Waals surface area contributed by atoms with Crippen molar-refractivity contribution in [3.8, 4) is 0 Å². The molecule has 0 unspecified atom stereocenters. The minimum atomic E-state index is -3.37. The minimum absolute atomic E-state index is 0.0854. The van der Waals surface area contributed by atoms with Crippen LogP contribution >= 0.6 is 11.3 Å². The van der Waals surface area contributed by atoms with E-state index in [1.165, 1.54) is 23.4 Å². The average molecular weight is 345 g/mol. The van der Waals surface area contributed by atoms with Crippen LogP contribution in [0.5, 0.6) is 0 Å². The zero-order valence-corrected chi connectivity index (χ0v) is 14.2. The van der Waals surface area contributed by atoms with Gasteiger partial charge in [0.05, 0.1) is 9.77 Å². The number of likely N-dealkylation sites (N-methyl/N-ethyl adjacent to an activating group) is 1. The van der Waals surface area contributed by atoms with E-state index in [-0.39, 0.29) is 9.77 Å². The van der Waals surface area contributed by atoms with E-state index in [1.807, 2.05) is 0 Å². The van der Waals surface area contributed by atoms with Gasteiger partial charge in [-0.1, -0.05) is 19.3 Å². The van der Waals surface area contributed by atoms with Gasteiger partial charge in [0.2, 0.25) is 0 Å². The lowest BCUT2D eigenvalue weighted by atomic mass is 9.80. The van der Waals surface area contributed by atoms with Crippen molar-refractivity contribution < 1.29 is 23.1 Å². The number of sulfone groups is 1.